The van der Waals surface area contributed by atoms with Gasteiger partial charge >= 0.3 is 6.29 Å². The number of nitrogens with one attached hydrogen (secondary N) is 1. The summed E-state index contributed by atoms with van der Waals surface area (Å²) in [6, 6.07) is 2.49. The molecule has 0 saturated heterocycles. The fourth-order valence-electron chi connectivity index (χ4n) is 2.50. The number of halogens is 3. The first kappa shape index (κ1) is 18.1. The molecule has 1 amide bonds. The lowest BCUT2D eigenvalue weighted by atomic mass is 10.1. The lowest BCUT2D eigenvalue weighted by molar-refractivity contribution is -0.286. The highest BCUT2D eigenvalue weighted by Crippen LogP contribution is 2.45. The zero-order chi connectivity index (χ0) is 20.1. The van der Waals surface area contributed by atoms with Gasteiger partial charge in [0.1, 0.15) is 5.76 Å². The summed E-state index contributed by atoms with van der Waals surface area (Å²) < 4.78 is 40.1. The van der Waals surface area contributed by atoms with Crippen LogP contribution in [-0.2, 0) is 0 Å². The van der Waals surface area contributed by atoms with Gasteiger partial charge in [0, 0.05) is 17.2 Å². The van der Waals surface area contributed by atoms with Crippen molar-refractivity contribution in [3.63, 3.8) is 0 Å². The summed E-state index contributed by atoms with van der Waals surface area (Å²) in [5, 5.41) is 6.36. The number of benzene rings is 1. The van der Waals surface area contributed by atoms with Crippen molar-refractivity contribution < 1.29 is 27.6 Å². The number of fused-ring (bicyclic) bond motifs is 1. The second-order valence-corrected chi connectivity index (χ2v) is 6.31. The molecule has 0 fully saturated rings. The van der Waals surface area contributed by atoms with Crippen LogP contribution in [0.15, 0.2) is 29.0 Å². The van der Waals surface area contributed by atoms with Crippen LogP contribution in [0.3, 0.4) is 0 Å². The maximum absolute atomic E-state index is 13.2. The molecular weight excluding hydrogens is 398 g/mol. The van der Waals surface area contributed by atoms with Crippen LogP contribution in [0, 0.1) is 13.8 Å². The van der Waals surface area contributed by atoms with Gasteiger partial charge < -0.3 is 19.3 Å². The molecular formula is C17H11ClF2N4O4. The minimum atomic E-state index is -3.75. The molecule has 0 aliphatic carbocycles. The summed E-state index contributed by atoms with van der Waals surface area (Å²) in [6.07, 6.45) is -1.12. The number of aromatic nitrogens is 3. The average Bonchev–Trinajstić information content (AvgIpc) is 3.12. The van der Waals surface area contributed by atoms with Crippen molar-refractivity contribution in [3.05, 3.63) is 46.6 Å². The number of amides is 1. The Kier molecular flexibility index (Phi) is 4.15. The van der Waals surface area contributed by atoms with E-state index >= 15 is 0 Å². The number of rotatable bonds is 3. The lowest BCUT2D eigenvalue weighted by Gasteiger charge is -2.07. The molecule has 4 rings (SSSR count). The van der Waals surface area contributed by atoms with Crippen molar-refractivity contribution in [2.45, 2.75) is 20.1 Å². The molecule has 0 atom stereocenters. The summed E-state index contributed by atoms with van der Waals surface area (Å²) >= 11 is 6.12. The quantitative estimate of drug-likeness (QED) is 0.699. The molecule has 1 aliphatic rings. The van der Waals surface area contributed by atoms with Crippen molar-refractivity contribution in [2.24, 2.45) is 0 Å². The molecule has 3 aromatic rings. The maximum atomic E-state index is 13.2. The molecule has 144 valence electrons. The van der Waals surface area contributed by atoms with E-state index < -0.39 is 12.2 Å². The van der Waals surface area contributed by atoms with Gasteiger partial charge in [0.2, 0.25) is 0 Å². The van der Waals surface area contributed by atoms with Gasteiger partial charge in [-0.2, -0.15) is 0 Å². The number of carbonyl (C=O) groups is 1. The average molecular weight is 409 g/mol. The van der Waals surface area contributed by atoms with Crippen LogP contribution in [0.25, 0.3) is 11.3 Å². The van der Waals surface area contributed by atoms with Crippen molar-refractivity contribution >= 4 is 23.3 Å². The topological polar surface area (TPSA) is 99.4 Å². The standard InChI is InChI=1S/C17H11ClF2N4O4/c1-7-8(2)28-24-15(7)16(25)23-14-6-21-11(5-22-14)9-3-12-13(4-10(9)18)27-17(19,20)26-12/h3-6H,1-2H3,(H,22,23,25). The smallest absolute Gasteiger partial charge is 0.395 e. The first-order valence-corrected chi connectivity index (χ1v) is 8.27. The summed E-state index contributed by atoms with van der Waals surface area (Å²) in [5.41, 5.74) is 1.36. The number of hydrogen-bond donors (Lipinski definition) is 1. The fraction of sp³-hybridized carbons (Fsp3) is 0.176. The van der Waals surface area contributed by atoms with Crippen molar-refractivity contribution in [2.75, 3.05) is 5.32 Å². The molecule has 8 nitrogen and oxygen atoms in total. The van der Waals surface area contributed by atoms with Crippen LogP contribution < -0.4 is 14.8 Å². The monoisotopic (exact) mass is 408 g/mol. The van der Waals surface area contributed by atoms with Gasteiger partial charge in [0.15, 0.2) is 23.0 Å². The third-order valence-electron chi connectivity index (χ3n) is 4.03. The third-order valence-corrected chi connectivity index (χ3v) is 4.35. The zero-order valence-corrected chi connectivity index (χ0v) is 15.2. The highest BCUT2D eigenvalue weighted by molar-refractivity contribution is 6.33. The molecule has 0 spiro atoms. The number of hydrogen-bond acceptors (Lipinski definition) is 7. The van der Waals surface area contributed by atoms with Crippen LogP contribution in [0.2, 0.25) is 5.02 Å². The number of alkyl halides is 2. The molecule has 1 N–H and O–H groups in total. The molecule has 3 heterocycles. The van der Waals surface area contributed by atoms with E-state index in [9.17, 15) is 13.6 Å². The highest BCUT2D eigenvalue weighted by Gasteiger charge is 2.43. The van der Waals surface area contributed by atoms with Crippen LogP contribution in [-0.4, -0.2) is 27.3 Å². The Bertz CT molecular complexity index is 1090. The minimum Gasteiger partial charge on any atom is -0.395 e. The number of carbonyl (C=O) groups excluding carboxylic acids is 1. The second kappa shape index (κ2) is 6.41. The summed E-state index contributed by atoms with van der Waals surface area (Å²) in [6.45, 7) is 3.40. The second-order valence-electron chi connectivity index (χ2n) is 5.90. The predicted octanol–water partition coefficient (Wildman–Crippen LogP) is 3.98. The van der Waals surface area contributed by atoms with Gasteiger partial charge in [0.25, 0.3) is 5.91 Å². The van der Waals surface area contributed by atoms with E-state index in [4.69, 9.17) is 16.1 Å². The minimum absolute atomic E-state index is 0.125. The Morgan fingerprint density at radius 3 is 2.46 bits per heavy atom. The molecule has 0 radical (unpaired) electrons. The Labute approximate surface area is 161 Å². The first-order chi connectivity index (χ1) is 13.2. The summed E-state index contributed by atoms with van der Waals surface area (Å²) in [5.74, 6) is -0.138. The van der Waals surface area contributed by atoms with Crippen molar-refractivity contribution in [1.29, 1.82) is 0 Å². The van der Waals surface area contributed by atoms with E-state index in [1.807, 2.05) is 0 Å². The van der Waals surface area contributed by atoms with Crippen LogP contribution in [0.4, 0.5) is 14.6 Å². The van der Waals surface area contributed by atoms with Gasteiger partial charge in [-0.25, -0.2) is 4.98 Å². The predicted molar refractivity (Wildman–Crippen MR) is 92.6 cm³/mol. The van der Waals surface area contributed by atoms with Gasteiger partial charge in [-0.15, -0.1) is 8.78 Å². The van der Waals surface area contributed by atoms with Crippen molar-refractivity contribution in [1.82, 2.24) is 15.1 Å². The fourth-order valence-corrected chi connectivity index (χ4v) is 2.75. The van der Waals surface area contributed by atoms with Gasteiger partial charge in [0.05, 0.1) is 23.1 Å². The van der Waals surface area contributed by atoms with Gasteiger partial charge in [-0.1, -0.05) is 16.8 Å². The molecule has 1 aliphatic heterocycles. The lowest BCUT2D eigenvalue weighted by Crippen LogP contribution is -2.25. The molecule has 1 aromatic carbocycles. The van der Waals surface area contributed by atoms with E-state index in [0.717, 1.165) is 0 Å². The first-order valence-electron chi connectivity index (χ1n) is 7.89. The Hall–Kier alpha value is -3.27. The van der Waals surface area contributed by atoms with E-state index in [2.05, 4.69) is 29.9 Å². The summed E-state index contributed by atoms with van der Waals surface area (Å²) in [7, 11) is 0. The van der Waals surface area contributed by atoms with Crippen molar-refractivity contribution in [3.8, 4) is 22.8 Å². The molecule has 28 heavy (non-hydrogen) atoms. The van der Waals surface area contributed by atoms with E-state index in [0.29, 0.717) is 16.9 Å². The Morgan fingerprint density at radius 1 is 1.14 bits per heavy atom. The molecule has 0 saturated carbocycles. The zero-order valence-electron chi connectivity index (χ0n) is 14.4. The molecule has 2 aromatic heterocycles. The van der Waals surface area contributed by atoms with Crippen LogP contribution >= 0.6 is 11.6 Å². The number of ether oxygens (including phenoxy) is 2. The number of anilines is 1. The number of nitrogens with zero attached hydrogens (tertiary/aromatic N) is 3. The third kappa shape index (κ3) is 3.22. The number of aryl methyl sites for hydroxylation is 1. The van der Waals surface area contributed by atoms with E-state index in [1.165, 1.54) is 24.5 Å². The van der Waals surface area contributed by atoms with Crippen LogP contribution in [0.1, 0.15) is 21.8 Å². The molecule has 0 unspecified atom stereocenters. The van der Waals surface area contributed by atoms with Crippen LogP contribution in [0.5, 0.6) is 11.5 Å². The summed E-state index contributed by atoms with van der Waals surface area (Å²) in [4.78, 5) is 20.5. The largest absolute Gasteiger partial charge is 0.586 e. The normalized spacial score (nSPS) is 14.2. The molecule has 0 bridgehead atoms. The van der Waals surface area contributed by atoms with E-state index in [-0.39, 0.29) is 33.7 Å². The maximum Gasteiger partial charge on any atom is 0.586 e. The SMILES string of the molecule is Cc1onc(C(=O)Nc2cnc(-c3cc4c(cc3Cl)OC(F)(F)O4)cn2)c1C. The van der Waals surface area contributed by atoms with Gasteiger partial charge in [-0.05, 0) is 19.9 Å². The van der Waals surface area contributed by atoms with Gasteiger partial charge in [-0.3, -0.25) is 9.78 Å². The van der Waals surface area contributed by atoms with E-state index in [1.54, 1.807) is 13.8 Å². The molecule has 11 heteroatoms. The Balaban J connectivity index is 1.56. The Morgan fingerprint density at radius 2 is 1.86 bits per heavy atom. The highest BCUT2D eigenvalue weighted by atomic mass is 35.5.